The van der Waals surface area contributed by atoms with Crippen LogP contribution in [0.5, 0.6) is 0 Å². The van der Waals surface area contributed by atoms with Gasteiger partial charge in [-0.05, 0) is 32.4 Å². The van der Waals surface area contributed by atoms with Gasteiger partial charge in [0.25, 0.3) is 0 Å². The van der Waals surface area contributed by atoms with Gasteiger partial charge >= 0.3 is 0 Å². The van der Waals surface area contributed by atoms with Gasteiger partial charge in [0.15, 0.2) is 0 Å². The Morgan fingerprint density at radius 1 is 1.61 bits per heavy atom. The van der Waals surface area contributed by atoms with Gasteiger partial charge in [0.1, 0.15) is 5.78 Å². The van der Waals surface area contributed by atoms with Crippen molar-refractivity contribution in [3.05, 3.63) is 17.5 Å². The molecule has 100 valence electrons. The first-order valence-corrected chi connectivity index (χ1v) is 6.81. The molecule has 1 N–H and O–H groups in total. The maximum absolute atomic E-state index is 12.6. The van der Waals surface area contributed by atoms with Crippen molar-refractivity contribution >= 4 is 5.78 Å². The van der Waals surface area contributed by atoms with Crippen molar-refractivity contribution in [3.8, 4) is 0 Å². The fourth-order valence-corrected chi connectivity index (χ4v) is 2.99. The molecule has 1 aromatic rings. The van der Waals surface area contributed by atoms with Gasteiger partial charge < -0.3 is 5.32 Å². The highest BCUT2D eigenvalue weighted by molar-refractivity contribution is 5.87. The second-order valence-electron chi connectivity index (χ2n) is 5.46. The predicted octanol–water partition coefficient (Wildman–Crippen LogP) is 1.62. The van der Waals surface area contributed by atoms with Gasteiger partial charge in [-0.1, -0.05) is 13.3 Å². The summed E-state index contributed by atoms with van der Waals surface area (Å²) in [5, 5.41) is 7.65. The SMILES string of the molecule is CCCC1(C(=O)Cc2cc(C)nn2C)CCNC1. The molecule has 4 heteroatoms. The Labute approximate surface area is 109 Å². The fraction of sp³-hybridized carbons (Fsp3) is 0.714. The van der Waals surface area contributed by atoms with Gasteiger partial charge in [0.05, 0.1) is 5.69 Å². The van der Waals surface area contributed by atoms with Crippen molar-refractivity contribution in [3.63, 3.8) is 0 Å². The number of carbonyl (C=O) groups is 1. The largest absolute Gasteiger partial charge is 0.316 e. The molecule has 0 amide bonds. The smallest absolute Gasteiger partial charge is 0.146 e. The molecular formula is C14H23N3O. The standard InChI is InChI=1S/C14H23N3O/c1-4-5-14(6-7-15-10-14)13(18)9-12-8-11(2)16-17(12)3/h8,15H,4-7,9-10H2,1-3H3. The molecule has 1 atom stereocenters. The molecular weight excluding hydrogens is 226 g/mol. The number of aromatic nitrogens is 2. The quantitative estimate of drug-likeness (QED) is 0.862. The molecule has 2 heterocycles. The van der Waals surface area contributed by atoms with Gasteiger partial charge in [-0.3, -0.25) is 9.48 Å². The zero-order chi connectivity index (χ0) is 13.2. The third-order valence-corrected chi connectivity index (χ3v) is 4.00. The number of carbonyl (C=O) groups excluding carboxylic acids is 1. The van der Waals surface area contributed by atoms with Crippen molar-refractivity contribution in [2.75, 3.05) is 13.1 Å². The van der Waals surface area contributed by atoms with E-state index in [2.05, 4.69) is 17.3 Å². The minimum absolute atomic E-state index is 0.132. The number of hydrogen-bond acceptors (Lipinski definition) is 3. The number of ketones is 1. The molecule has 1 saturated heterocycles. The fourth-order valence-electron chi connectivity index (χ4n) is 2.99. The van der Waals surface area contributed by atoms with Crippen LogP contribution in [0.2, 0.25) is 0 Å². The third-order valence-electron chi connectivity index (χ3n) is 4.00. The van der Waals surface area contributed by atoms with Gasteiger partial charge in [0, 0.05) is 31.1 Å². The second-order valence-corrected chi connectivity index (χ2v) is 5.46. The number of Topliss-reactive ketones (excluding diaryl/α,β-unsaturated/α-hetero) is 1. The minimum atomic E-state index is -0.132. The Morgan fingerprint density at radius 2 is 2.39 bits per heavy atom. The van der Waals surface area contributed by atoms with E-state index in [0.717, 1.165) is 43.7 Å². The second kappa shape index (κ2) is 5.22. The van der Waals surface area contributed by atoms with Crippen LogP contribution in [0.4, 0.5) is 0 Å². The van der Waals surface area contributed by atoms with Crippen LogP contribution in [-0.4, -0.2) is 28.7 Å². The van der Waals surface area contributed by atoms with Crippen LogP contribution in [0, 0.1) is 12.3 Å². The molecule has 1 aromatic heterocycles. The summed E-state index contributed by atoms with van der Waals surface area (Å²) in [5.74, 6) is 0.373. The van der Waals surface area contributed by atoms with E-state index in [9.17, 15) is 4.79 Å². The molecule has 1 fully saturated rings. The molecule has 2 rings (SSSR count). The zero-order valence-electron chi connectivity index (χ0n) is 11.6. The van der Waals surface area contributed by atoms with Gasteiger partial charge in [-0.2, -0.15) is 5.10 Å². The summed E-state index contributed by atoms with van der Waals surface area (Å²) in [6.45, 7) is 5.93. The zero-order valence-corrected chi connectivity index (χ0v) is 11.6. The topological polar surface area (TPSA) is 46.9 Å². The van der Waals surface area contributed by atoms with E-state index >= 15 is 0 Å². The summed E-state index contributed by atoms with van der Waals surface area (Å²) in [6.07, 6.45) is 3.56. The number of rotatable bonds is 5. The number of aryl methyl sites for hydroxylation is 2. The number of hydrogen-bond donors (Lipinski definition) is 1. The van der Waals surface area contributed by atoms with Gasteiger partial charge in [-0.25, -0.2) is 0 Å². The molecule has 1 unspecified atom stereocenters. The van der Waals surface area contributed by atoms with Crippen molar-refractivity contribution in [1.29, 1.82) is 0 Å². The van der Waals surface area contributed by atoms with E-state index in [1.165, 1.54) is 0 Å². The van der Waals surface area contributed by atoms with Gasteiger partial charge in [-0.15, -0.1) is 0 Å². The molecule has 0 saturated carbocycles. The summed E-state index contributed by atoms with van der Waals surface area (Å²) < 4.78 is 1.83. The Kier molecular flexibility index (Phi) is 3.85. The van der Waals surface area contributed by atoms with Gasteiger partial charge in [0.2, 0.25) is 0 Å². The van der Waals surface area contributed by atoms with Crippen molar-refractivity contribution in [2.45, 2.75) is 39.5 Å². The predicted molar refractivity (Wildman–Crippen MR) is 71.5 cm³/mol. The lowest BCUT2D eigenvalue weighted by molar-refractivity contribution is -0.127. The molecule has 0 bridgehead atoms. The highest BCUT2D eigenvalue weighted by Gasteiger charge is 2.39. The molecule has 18 heavy (non-hydrogen) atoms. The van der Waals surface area contributed by atoms with Crippen molar-refractivity contribution < 1.29 is 4.79 Å². The van der Waals surface area contributed by atoms with E-state index in [1.807, 2.05) is 24.7 Å². The Bertz CT molecular complexity index is 430. The van der Waals surface area contributed by atoms with E-state index in [4.69, 9.17) is 0 Å². The number of nitrogens with zero attached hydrogens (tertiary/aromatic N) is 2. The molecule has 0 radical (unpaired) electrons. The normalized spacial score (nSPS) is 23.5. The first kappa shape index (κ1) is 13.3. The highest BCUT2D eigenvalue weighted by atomic mass is 16.1. The average Bonchev–Trinajstić information content (AvgIpc) is 2.88. The maximum atomic E-state index is 12.6. The lowest BCUT2D eigenvalue weighted by Crippen LogP contribution is -2.35. The Hall–Kier alpha value is -1.16. The monoisotopic (exact) mass is 249 g/mol. The van der Waals surface area contributed by atoms with Crippen LogP contribution >= 0.6 is 0 Å². The van der Waals surface area contributed by atoms with Crippen molar-refractivity contribution in [2.24, 2.45) is 12.5 Å². The molecule has 0 spiro atoms. The molecule has 0 aromatic carbocycles. The van der Waals surface area contributed by atoms with Crippen LogP contribution < -0.4 is 5.32 Å². The lowest BCUT2D eigenvalue weighted by atomic mass is 9.77. The molecule has 0 aliphatic carbocycles. The summed E-state index contributed by atoms with van der Waals surface area (Å²) in [6, 6.07) is 2.01. The van der Waals surface area contributed by atoms with Crippen molar-refractivity contribution in [1.82, 2.24) is 15.1 Å². The average molecular weight is 249 g/mol. The lowest BCUT2D eigenvalue weighted by Gasteiger charge is -2.26. The van der Waals surface area contributed by atoms with E-state index < -0.39 is 0 Å². The number of nitrogens with one attached hydrogen (secondary N) is 1. The maximum Gasteiger partial charge on any atom is 0.146 e. The summed E-state index contributed by atoms with van der Waals surface area (Å²) >= 11 is 0. The first-order chi connectivity index (χ1) is 8.57. The summed E-state index contributed by atoms with van der Waals surface area (Å²) in [4.78, 5) is 12.6. The summed E-state index contributed by atoms with van der Waals surface area (Å²) in [7, 11) is 1.91. The van der Waals surface area contributed by atoms with E-state index in [1.54, 1.807) is 0 Å². The van der Waals surface area contributed by atoms with Crippen LogP contribution in [0.1, 0.15) is 37.6 Å². The summed E-state index contributed by atoms with van der Waals surface area (Å²) in [5.41, 5.74) is 1.88. The molecule has 4 nitrogen and oxygen atoms in total. The Morgan fingerprint density at radius 3 is 2.89 bits per heavy atom. The Balaban J connectivity index is 2.12. The molecule has 1 aliphatic rings. The first-order valence-electron chi connectivity index (χ1n) is 6.81. The van der Waals surface area contributed by atoms with Crippen LogP contribution in [0.15, 0.2) is 6.07 Å². The highest BCUT2D eigenvalue weighted by Crippen LogP contribution is 2.33. The van der Waals surface area contributed by atoms with Crippen LogP contribution in [0.25, 0.3) is 0 Å². The van der Waals surface area contributed by atoms with E-state index in [0.29, 0.717) is 12.2 Å². The third kappa shape index (κ3) is 2.48. The minimum Gasteiger partial charge on any atom is -0.316 e. The molecule has 1 aliphatic heterocycles. The van der Waals surface area contributed by atoms with Crippen LogP contribution in [-0.2, 0) is 18.3 Å². The van der Waals surface area contributed by atoms with Crippen LogP contribution in [0.3, 0.4) is 0 Å². The van der Waals surface area contributed by atoms with E-state index in [-0.39, 0.29) is 5.41 Å².